The number of hydrogen-bond donors (Lipinski definition) is 0. The Labute approximate surface area is 109 Å². The zero-order valence-electron chi connectivity index (χ0n) is 9.03. The first-order chi connectivity index (χ1) is 8.72. The Morgan fingerprint density at radius 1 is 1.42 bits per heavy atom. The van der Waals surface area contributed by atoms with Gasteiger partial charge in [0.05, 0.1) is 21.9 Å². The molecule has 9 heteroatoms. The zero-order valence-corrected chi connectivity index (χ0v) is 9.79. The van der Waals surface area contributed by atoms with E-state index in [-0.39, 0.29) is 12.4 Å². The number of alkyl halides is 4. The average molecular weight is 296 g/mol. The first-order valence-corrected chi connectivity index (χ1v) is 5.19. The van der Waals surface area contributed by atoms with E-state index in [9.17, 15) is 32.9 Å². The third-order valence-electron chi connectivity index (χ3n) is 2.22. The number of halogens is 4. The molecule has 0 aromatic heterocycles. The largest absolute Gasteiger partial charge is 0.417 e. The highest BCUT2D eigenvalue weighted by Gasteiger charge is 2.37. The van der Waals surface area contributed by atoms with E-state index in [1.807, 2.05) is 0 Å². The number of carbonyl (C=O) groups excluding carboxylic acids is 2. The summed E-state index contributed by atoms with van der Waals surface area (Å²) in [4.78, 5) is 31.4. The Morgan fingerprint density at radius 3 is 2.37 bits per heavy atom. The number of Topliss-reactive ketones (excluding diaryl/α,β-unsaturated/α-hetero) is 1. The van der Waals surface area contributed by atoms with Crippen molar-refractivity contribution in [2.24, 2.45) is 0 Å². The van der Waals surface area contributed by atoms with Crippen LogP contribution in [0.3, 0.4) is 0 Å². The lowest BCUT2D eigenvalue weighted by atomic mass is 9.99. The molecular formula is C10H5ClF3NO4. The second-order valence-electron chi connectivity index (χ2n) is 3.39. The summed E-state index contributed by atoms with van der Waals surface area (Å²) in [7, 11) is 0. The van der Waals surface area contributed by atoms with Crippen LogP contribution in [0.1, 0.15) is 26.3 Å². The summed E-state index contributed by atoms with van der Waals surface area (Å²) in [6, 6.07) is 0.683. The lowest BCUT2D eigenvalue weighted by Crippen LogP contribution is -2.15. The predicted octanol–water partition coefficient (Wildman–Crippen LogP) is 2.85. The van der Waals surface area contributed by atoms with Gasteiger partial charge >= 0.3 is 6.18 Å². The van der Waals surface area contributed by atoms with Crippen molar-refractivity contribution < 1.29 is 27.7 Å². The quantitative estimate of drug-likeness (QED) is 0.281. The second-order valence-corrected chi connectivity index (χ2v) is 3.65. The molecule has 0 aliphatic carbocycles. The van der Waals surface area contributed by atoms with Gasteiger partial charge in [0.1, 0.15) is 0 Å². The number of nitro groups is 1. The van der Waals surface area contributed by atoms with Gasteiger partial charge in [-0.2, -0.15) is 13.2 Å². The van der Waals surface area contributed by atoms with Gasteiger partial charge in [-0.15, -0.1) is 11.6 Å². The van der Waals surface area contributed by atoms with Crippen molar-refractivity contribution in [3.8, 4) is 0 Å². The second kappa shape index (κ2) is 5.35. The summed E-state index contributed by atoms with van der Waals surface area (Å²) in [5, 5.41) is 10.6. The zero-order chi connectivity index (χ0) is 14.8. The molecule has 0 unspecified atom stereocenters. The van der Waals surface area contributed by atoms with Crippen molar-refractivity contribution in [2.75, 3.05) is 5.88 Å². The van der Waals surface area contributed by atoms with Crippen LogP contribution in [0.4, 0.5) is 18.9 Å². The van der Waals surface area contributed by atoms with Crippen molar-refractivity contribution in [2.45, 2.75) is 6.18 Å². The fraction of sp³-hybridized carbons (Fsp3) is 0.200. The van der Waals surface area contributed by atoms with Crippen LogP contribution >= 0.6 is 11.6 Å². The topological polar surface area (TPSA) is 77.3 Å². The van der Waals surface area contributed by atoms with E-state index in [0.717, 1.165) is 0 Å². The smallest absolute Gasteiger partial charge is 0.298 e. The summed E-state index contributed by atoms with van der Waals surface area (Å²) >= 11 is 5.17. The van der Waals surface area contributed by atoms with E-state index in [2.05, 4.69) is 0 Å². The van der Waals surface area contributed by atoms with Crippen LogP contribution in [0.25, 0.3) is 0 Å². The third-order valence-corrected chi connectivity index (χ3v) is 2.46. The van der Waals surface area contributed by atoms with Gasteiger partial charge in [0.15, 0.2) is 12.1 Å². The maximum Gasteiger partial charge on any atom is 0.417 e. The highest BCUT2D eigenvalue weighted by molar-refractivity contribution is 6.30. The molecule has 1 aromatic rings. The number of aldehydes is 1. The molecule has 0 heterocycles. The SMILES string of the molecule is O=Cc1cc(C(=O)CCl)c(C(F)(F)F)cc1[N+](=O)[O-]. The number of benzene rings is 1. The minimum atomic E-state index is -4.97. The molecule has 1 rings (SSSR count). The molecule has 0 amide bonds. The fourth-order valence-corrected chi connectivity index (χ4v) is 1.54. The molecule has 0 saturated heterocycles. The minimum Gasteiger partial charge on any atom is -0.298 e. The van der Waals surface area contributed by atoms with Gasteiger partial charge in [-0.1, -0.05) is 0 Å². The van der Waals surface area contributed by atoms with E-state index in [1.165, 1.54) is 0 Å². The van der Waals surface area contributed by atoms with Crippen LogP contribution in [0, 0.1) is 10.1 Å². The Bertz CT molecular complexity index is 556. The number of nitro benzene ring substituents is 1. The number of ketones is 1. The predicted molar refractivity (Wildman–Crippen MR) is 58.5 cm³/mol. The number of carbonyl (C=O) groups is 2. The molecule has 0 radical (unpaired) electrons. The van der Waals surface area contributed by atoms with Crippen LogP contribution in [0.2, 0.25) is 0 Å². The lowest BCUT2D eigenvalue weighted by molar-refractivity contribution is -0.385. The van der Waals surface area contributed by atoms with Crippen molar-refractivity contribution in [1.82, 2.24) is 0 Å². The van der Waals surface area contributed by atoms with E-state index < -0.39 is 45.1 Å². The third kappa shape index (κ3) is 3.08. The minimum absolute atomic E-state index is 0.00327. The number of nitrogens with zero attached hydrogens (tertiary/aromatic N) is 1. The molecule has 1 aromatic carbocycles. The van der Waals surface area contributed by atoms with Gasteiger partial charge in [-0.25, -0.2) is 0 Å². The van der Waals surface area contributed by atoms with E-state index >= 15 is 0 Å². The maximum absolute atomic E-state index is 12.7. The van der Waals surface area contributed by atoms with Crippen molar-refractivity contribution in [3.05, 3.63) is 38.9 Å². The molecule has 0 fully saturated rings. The molecule has 0 atom stereocenters. The molecule has 102 valence electrons. The molecular weight excluding hydrogens is 291 g/mol. The van der Waals surface area contributed by atoms with Gasteiger partial charge < -0.3 is 0 Å². The normalized spacial score (nSPS) is 11.2. The molecule has 0 N–H and O–H groups in total. The summed E-state index contributed by atoms with van der Waals surface area (Å²) in [5.74, 6) is -1.81. The Morgan fingerprint density at radius 2 is 2.00 bits per heavy atom. The molecule has 5 nitrogen and oxygen atoms in total. The van der Waals surface area contributed by atoms with Crippen molar-refractivity contribution >= 4 is 29.4 Å². The van der Waals surface area contributed by atoms with Gasteiger partial charge in [0.25, 0.3) is 5.69 Å². The fourth-order valence-electron chi connectivity index (χ4n) is 1.39. The first kappa shape index (κ1) is 15.1. The van der Waals surface area contributed by atoms with Gasteiger partial charge in [0.2, 0.25) is 0 Å². The molecule has 0 bridgehead atoms. The van der Waals surface area contributed by atoms with Crippen LogP contribution in [-0.4, -0.2) is 22.9 Å². The van der Waals surface area contributed by atoms with E-state index in [1.54, 1.807) is 0 Å². The van der Waals surface area contributed by atoms with Crippen LogP contribution in [-0.2, 0) is 6.18 Å². The molecule has 19 heavy (non-hydrogen) atoms. The van der Waals surface area contributed by atoms with E-state index in [4.69, 9.17) is 11.6 Å². The highest BCUT2D eigenvalue weighted by atomic mass is 35.5. The summed E-state index contributed by atoms with van der Waals surface area (Å²) < 4.78 is 38.2. The first-order valence-electron chi connectivity index (χ1n) is 4.66. The Kier molecular flexibility index (Phi) is 4.25. The average Bonchev–Trinajstić information content (AvgIpc) is 2.34. The van der Waals surface area contributed by atoms with Gasteiger partial charge in [0, 0.05) is 11.6 Å². The summed E-state index contributed by atoms with van der Waals surface area (Å²) in [6.45, 7) is 0. The molecule has 0 aliphatic heterocycles. The van der Waals surface area contributed by atoms with E-state index in [0.29, 0.717) is 6.07 Å². The van der Waals surface area contributed by atoms with Gasteiger partial charge in [-0.3, -0.25) is 19.7 Å². The van der Waals surface area contributed by atoms with Crippen molar-refractivity contribution in [3.63, 3.8) is 0 Å². The molecule has 0 aliphatic rings. The van der Waals surface area contributed by atoms with Crippen LogP contribution in [0.5, 0.6) is 0 Å². The Hall–Kier alpha value is -1.96. The molecule has 0 spiro atoms. The monoisotopic (exact) mass is 295 g/mol. The number of hydrogen-bond acceptors (Lipinski definition) is 4. The molecule has 0 saturated carbocycles. The van der Waals surface area contributed by atoms with Crippen LogP contribution < -0.4 is 0 Å². The summed E-state index contributed by atoms with van der Waals surface area (Å²) in [5.41, 5.74) is -3.99. The maximum atomic E-state index is 12.7. The van der Waals surface area contributed by atoms with Crippen molar-refractivity contribution in [1.29, 1.82) is 0 Å². The Balaban J connectivity index is 3.67. The van der Waals surface area contributed by atoms with Crippen LogP contribution in [0.15, 0.2) is 12.1 Å². The number of rotatable bonds is 4. The lowest BCUT2D eigenvalue weighted by Gasteiger charge is -2.12. The standard InChI is InChI=1S/C10H5ClF3NO4/c11-3-9(17)6-1-5(4-16)8(15(18)19)2-7(6)10(12,13)14/h1-2,4H,3H2. The highest BCUT2D eigenvalue weighted by Crippen LogP contribution is 2.36. The summed E-state index contributed by atoms with van der Waals surface area (Å²) in [6.07, 6.45) is -4.97. The van der Waals surface area contributed by atoms with Gasteiger partial charge in [-0.05, 0) is 6.07 Å².